The maximum absolute atomic E-state index is 11.0. The van der Waals surface area contributed by atoms with E-state index in [0.717, 1.165) is 44.1 Å². The molecule has 2 aliphatic rings. The van der Waals surface area contributed by atoms with Gasteiger partial charge in [-0.1, -0.05) is 29.2 Å². The first-order valence-corrected chi connectivity index (χ1v) is 8.91. The molecule has 0 aromatic heterocycles. The fourth-order valence-electron chi connectivity index (χ4n) is 4.22. The second kappa shape index (κ2) is 6.77. The molecule has 2 N–H and O–H groups in total. The summed E-state index contributed by atoms with van der Waals surface area (Å²) in [4.78, 5) is 0. The van der Waals surface area contributed by atoms with Gasteiger partial charge in [0.2, 0.25) is 0 Å². The van der Waals surface area contributed by atoms with Crippen LogP contribution in [0.2, 0.25) is 0 Å². The van der Waals surface area contributed by atoms with Crippen LogP contribution >= 0.6 is 0 Å². The van der Waals surface area contributed by atoms with Crippen molar-refractivity contribution in [1.29, 1.82) is 0 Å². The SMILES string of the molecule is C#Cc1cc(O)c(C2C=C(C)CCC2)c(O)c1C1C=C(C)CCC1. The maximum Gasteiger partial charge on any atom is 0.128 e. The highest BCUT2D eigenvalue weighted by atomic mass is 16.3. The Morgan fingerprint density at radius 2 is 1.50 bits per heavy atom. The van der Waals surface area contributed by atoms with E-state index in [0.29, 0.717) is 11.1 Å². The average molecular weight is 322 g/mol. The third-order valence-corrected chi connectivity index (χ3v) is 5.40. The molecular formula is C22H26O2. The average Bonchev–Trinajstić information content (AvgIpc) is 2.54. The number of rotatable bonds is 2. The van der Waals surface area contributed by atoms with E-state index in [1.165, 1.54) is 11.1 Å². The molecule has 2 unspecified atom stereocenters. The Kier molecular flexibility index (Phi) is 4.71. The number of hydrogen-bond acceptors (Lipinski definition) is 2. The summed E-state index contributed by atoms with van der Waals surface area (Å²) in [6, 6.07) is 1.67. The van der Waals surface area contributed by atoms with Crippen LogP contribution in [0.5, 0.6) is 11.5 Å². The molecule has 2 atom stereocenters. The molecule has 0 heterocycles. The first kappa shape index (κ1) is 16.7. The second-order valence-corrected chi connectivity index (χ2v) is 7.29. The van der Waals surface area contributed by atoms with E-state index in [9.17, 15) is 10.2 Å². The molecule has 0 radical (unpaired) electrons. The van der Waals surface area contributed by atoms with Crippen LogP contribution in [0.3, 0.4) is 0 Å². The van der Waals surface area contributed by atoms with Crippen LogP contribution in [-0.4, -0.2) is 10.2 Å². The summed E-state index contributed by atoms with van der Waals surface area (Å²) >= 11 is 0. The second-order valence-electron chi connectivity index (χ2n) is 7.29. The van der Waals surface area contributed by atoms with Crippen LogP contribution in [0, 0.1) is 12.3 Å². The standard InChI is InChI=1S/C22H26O2/c1-4-16-13-19(23)21(18-10-6-8-15(3)12-18)22(24)20(16)17-9-5-7-14(2)11-17/h1,11-13,17-18,23-24H,5-10H2,2-3H3. The van der Waals surface area contributed by atoms with Crippen LogP contribution in [0.25, 0.3) is 0 Å². The lowest BCUT2D eigenvalue weighted by Crippen LogP contribution is -2.09. The topological polar surface area (TPSA) is 40.5 Å². The quantitative estimate of drug-likeness (QED) is 0.557. The normalized spacial score (nSPS) is 24.0. The maximum atomic E-state index is 11.0. The molecule has 24 heavy (non-hydrogen) atoms. The Morgan fingerprint density at radius 1 is 0.958 bits per heavy atom. The van der Waals surface area contributed by atoms with Crippen molar-refractivity contribution in [1.82, 2.24) is 0 Å². The highest BCUT2D eigenvalue weighted by molar-refractivity contribution is 5.61. The highest BCUT2D eigenvalue weighted by Crippen LogP contribution is 2.47. The van der Waals surface area contributed by atoms with Gasteiger partial charge in [0.15, 0.2) is 0 Å². The summed E-state index contributed by atoms with van der Waals surface area (Å²) in [5.41, 5.74) is 4.75. The summed E-state index contributed by atoms with van der Waals surface area (Å²) in [7, 11) is 0. The molecule has 0 saturated heterocycles. The van der Waals surface area contributed by atoms with Gasteiger partial charge in [-0.15, -0.1) is 6.42 Å². The summed E-state index contributed by atoms with van der Waals surface area (Å²) in [6.45, 7) is 4.25. The lowest BCUT2D eigenvalue weighted by molar-refractivity contribution is 0.420. The molecule has 3 rings (SSSR count). The van der Waals surface area contributed by atoms with Crippen LogP contribution in [-0.2, 0) is 0 Å². The highest BCUT2D eigenvalue weighted by Gasteiger charge is 2.28. The van der Waals surface area contributed by atoms with E-state index in [-0.39, 0.29) is 23.3 Å². The van der Waals surface area contributed by atoms with Crippen LogP contribution in [0.4, 0.5) is 0 Å². The predicted molar refractivity (Wildman–Crippen MR) is 98.4 cm³/mol. The molecule has 1 aromatic carbocycles. The number of terminal acetylenes is 1. The number of phenols is 2. The van der Waals surface area contributed by atoms with Crippen molar-refractivity contribution in [3.63, 3.8) is 0 Å². The van der Waals surface area contributed by atoms with Gasteiger partial charge in [-0.05, 0) is 58.4 Å². The van der Waals surface area contributed by atoms with E-state index < -0.39 is 0 Å². The van der Waals surface area contributed by atoms with Gasteiger partial charge in [0.25, 0.3) is 0 Å². The van der Waals surface area contributed by atoms with Crippen molar-refractivity contribution >= 4 is 0 Å². The number of benzene rings is 1. The minimum atomic E-state index is 0.0676. The van der Waals surface area contributed by atoms with Crippen molar-refractivity contribution in [2.75, 3.05) is 0 Å². The third kappa shape index (κ3) is 3.08. The fourth-order valence-corrected chi connectivity index (χ4v) is 4.22. The van der Waals surface area contributed by atoms with Gasteiger partial charge in [-0.3, -0.25) is 0 Å². The molecule has 126 valence electrons. The Labute approximate surface area is 144 Å². The molecule has 2 aliphatic carbocycles. The van der Waals surface area contributed by atoms with E-state index in [4.69, 9.17) is 6.42 Å². The third-order valence-electron chi connectivity index (χ3n) is 5.40. The lowest BCUT2D eigenvalue weighted by atomic mass is 9.79. The van der Waals surface area contributed by atoms with Crippen molar-refractivity contribution in [2.24, 2.45) is 0 Å². The number of hydrogen-bond donors (Lipinski definition) is 2. The fraction of sp³-hybridized carbons (Fsp3) is 0.455. The van der Waals surface area contributed by atoms with Crippen molar-refractivity contribution in [3.05, 3.63) is 46.1 Å². The van der Waals surface area contributed by atoms with Gasteiger partial charge in [-0.2, -0.15) is 0 Å². The van der Waals surface area contributed by atoms with Gasteiger partial charge in [0, 0.05) is 28.5 Å². The number of aromatic hydroxyl groups is 2. The molecule has 0 bridgehead atoms. The lowest BCUT2D eigenvalue weighted by Gasteiger charge is -2.27. The van der Waals surface area contributed by atoms with E-state index in [2.05, 4.69) is 31.9 Å². The summed E-state index contributed by atoms with van der Waals surface area (Å²) < 4.78 is 0. The van der Waals surface area contributed by atoms with Gasteiger partial charge in [0.05, 0.1) is 0 Å². The molecule has 2 nitrogen and oxygen atoms in total. The Bertz CT molecular complexity index is 746. The zero-order valence-electron chi connectivity index (χ0n) is 14.6. The summed E-state index contributed by atoms with van der Waals surface area (Å²) in [5, 5.41) is 21.6. The zero-order chi connectivity index (χ0) is 17.3. The van der Waals surface area contributed by atoms with E-state index in [1.54, 1.807) is 6.07 Å². The Hall–Kier alpha value is -2.14. The molecule has 0 saturated carbocycles. The van der Waals surface area contributed by atoms with Crippen LogP contribution in [0.1, 0.15) is 80.9 Å². The number of allylic oxidation sites excluding steroid dienone is 4. The van der Waals surface area contributed by atoms with E-state index in [1.807, 2.05) is 0 Å². The van der Waals surface area contributed by atoms with Crippen LogP contribution < -0.4 is 0 Å². The molecule has 1 aromatic rings. The molecule has 2 heteroatoms. The zero-order valence-corrected chi connectivity index (χ0v) is 14.6. The molecule has 0 aliphatic heterocycles. The van der Waals surface area contributed by atoms with Gasteiger partial charge in [-0.25, -0.2) is 0 Å². The first-order chi connectivity index (χ1) is 11.5. The predicted octanol–water partition coefficient (Wildman–Crippen LogP) is 5.51. The first-order valence-electron chi connectivity index (χ1n) is 8.91. The van der Waals surface area contributed by atoms with E-state index >= 15 is 0 Å². The summed E-state index contributed by atoms with van der Waals surface area (Å²) in [6.07, 6.45) is 16.4. The van der Waals surface area contributed by atoms with Gasteiger partial charge < -0.3 is 10.2 Å². The largest absolute Gasteiger partial charge is 0.507 e. The van der Waals surface area contributed by atoms with Gasteiger partial charge >= 0.3 is 0 Å². The smallest absolute Gasteiger partial charge is 0.128 e. The minimum Gasteiger partial charge on any atom is -0.507 e. The Morgan fingerprint density at radius 3 is 2.00 bits per heavy atom. The van der Waals surface area contributed by atoms with Crippen molar-refractivity contribution in [3.8, 4) is 23.8 Å². The molecule has 0 amide bonds. The van der Waals surface area contributed by atoms with Crippen LogP contribution in [0.15, 0.2) is 29.4 Å². The molecular weight excluding hydrogens is 296 g/mol. The monoisotopic (exact) mass is 322 g/mol. The van der Waals surface area contributed by atoms with Gasteiger partial charge in [0.1, 0.15) is 11.5 Å². The Balaban J connectivity index is 2.15. The van der Waals surface area contributed by atoms with Crippen molar-refractivity contribution in [2.45, 2.75) is 64.2 Å². The minimum absolute atomic E-state index is 0.0676. The number of phenolic OH excluding ortho intramolecular Hbond substituents is 2. The van der Waals surface area contributed by atoms with Crippen molar-refractivity contribution < 1.29 is 10.2 Å². The molecule has 0 fully saturated rings. The summed E-state index contributed by atoms with van der Waals surface area (Å²) in [5.74, 6) is 3.19. The molecule has 0 spiro atoms.